The Morgan fingerprint density at radius 3 is 2.69 bits per heavy atom. The number of esters is 1. The van der Waals surface area contributed by atoms with Crippen LogP contribution >= 0.6 is 11.8 Å². The molecule has 0 spiro atoms. The number of methoxy groups -OCH3 is 1. The SMILES string of the molecule is COC(=O)C1C[C@@H](SC2CCCCC2)CN1. The van der Waals surface area contributed by atoms with Crippen LogP contribution in [-0.4, -0.2) is 36.2 Å². The van der Waals surface area contributed by atoms with Crippen molar-refractivity contribution in [1.29, 1.82) is 0 Å². The minimum Gasteiger partial charge on any atom is -0.468 e. The van der Waals surface area contributed by atoms with Gasteiger partial charge in [0.1, 0.15) is 6.04 Å². The van der Waals surface area contributed by atoms with Crippen molar-refractivity contribution in [2.75, 3.05) is 13.7 Å². The van der Waals surface area contributed by atoms with Gasteiger partial charge in [-0.3, -0.25) is 4.79 Å². The van der Waals surface area contributed by atoms with Crippen LogP contribution in [0.5, 0.6) is 0 Å². The quantitative estimate of drug-likeness (QED) is 0.769. The standard InChI is InChI=1S/C12H21NO2S/c1-15-12(14)11-7-10(8-13-11)16-9-5-3-2-4-6-9/h9-11,13H,2-8H2,1H3/t10-,11?/m1/s1. The molecule has 0 radical (unpaired) electrons. The molecule has 0 aromatic carbocycles. The molecule has 1 aliphatic carbocycles. The molecule has 1 saturated heterocycles. The molecular weight excluding hydrogens is 222 g/mol. The molecular formula is C12H21NO2S. The molecule has 2 fully saturated rings. The smallest absolute Gasteiger partial charge is 0.322 e. The maximum atomic E-state index is 11.4. The van der Waals surface area contributed by atoms with Crippen LogP contribution in [0.1, 0.15) is 38.5 Å². The van der Waals surface area contributed by atoms with Gasteiger partial charge in [0.15, 0.2) is 0 Å². The summed E-state index contributed by atoms with van der Waals surface area (Å²) in [6.07, 6.45) is 7.85. The Morgan fingerprint density at radius 1 is 1.25 bits per heavy atom. The molecule has 1 aliphatic heterocycles. The third-order valence-corrected chi connectivity index (χ3v) is 5.11. The molecule has 16 heavy (non-hydrogen) atoms. The zero-order valence-electron chi connectivity index (χ0n) is 9.91. The second-order valence-electron chi connectivity index (χ2n) is 4.74. The Balaban J connectivity index is 1.73. The van der Waals surface area contributed by atoms with E-state index < -0.39 is 0 Å². The first-order valence-corrected chi connectivity index (χ1v) is 7.20. The van der Waals surface area contributed by atoms with Gasteiger partial charge in [-0.1, -0.05) is 19.3 Å². The highest BCUT2D eigenvalue weighted by molar-refractivity contribution is 8.00. The molecule has 0 amide bonds. The summed E-state index contributed by atoms with van der Waals surface area (Å²) in [7, 11) is 1.46. The van der Waals surface area contributed by atoms with Crippen molar-refractivity contribution >= 4 is 17.7 Å². The predicted molar refractivity (Wildman–Crippen MR) is 66.7 cm³/mol. The monoisotopic (exact) mass is 243 g/mol. The van der Waals surface area contributed by atoms with E-state index in [1.54, 1.807) is 0 Å². The van der Waals surface area contributed by atoms with E-state index in [-0.39, 0.29) is 12.0 Å². The Morgan fingerprint density at radius 2 is 2.00 bits per heavy atom. The molecule has 4 heteroatoms. The first kappa shape index (κ1) is 12.2. The maximum absolute atomic E-state index is 11.4. The molecule has 0 aromatic rings. The number of rotatable bonds is 3. The summed E-state index contributed by atoms with van der Waals surface area (Å²) >= 11 is 2.09. The fourth-order valence-electron chi connectivity index (χ4n) is 2.60. The molecule has 1 heterocycles. The summed E-state index contributed by atoms with van der Waals surface area (Å²) in [6.45, 7) is 0.959. The number of thioether (sulfide) groups is 1. The molecule has 3 nitrogen and oxygen atoms in total. The number of nitrogens with one attached hydrogen (secondary N) is 1. The molecule has 2 atom stereocenters. The van der Waals surface area contributed by atoms with Crippen molar-refractivity contribution < 1.29 is 9.53 Å². The van der Waals surface area contributed by atoms with E-state index in [1.165, 1.54) is 39.2 Å². The molecule has 2 rings (SSSR count). The summed E-state index contributed by atoms with van der Waals surface area (Å²) in [5, 5.41) is 4.69. The molecule has 2 aliphatic rings. The lowest BCUT2D eigenvalue weighted by molar-refractivity contribution is -0.142. The van der Waals surface area contributed by atoms with Crippen molar-refractivity contribution in [3.63, 3.8) is 0 Å². The van der Waals surface area contributed by atoms with Gasteiger partial charge in [-0.15, -0.1) is 0 Å². The topological polar surface area (TPSA) is 38.3 Å². The van der Waals surface area contributed by atoms with Crippen LogP contribution in [0.25, 0.3) is 0 Å². The van der Waals surface area contributed by atoms with E-state index in [4.69, 9.17) is 4.74 Å². The highest BCUT2D eigenvalue weighted by Gasteiger charge is 2.32. The summed E-state index contributed by atoms with van der Waals surface area (Å²) in [5.41, 5.74) is 0. The first-order chi connectivity index (χ1) is 7.79. The van der Waals surface area contributed by atoms with E-state index in [9.17, 15) is 4.79 Å². The van der Waals surface area contributed by atoms with Gasteiger partial charge in [0, 0.05) is 17.0 Å². The van der Waals surface area contributed by atoms with E-state index in [0.717, 1.165) is 18.2 Å². The molecule has 0 aromatic heterocycles. The van der Waals surface area contributed by atoms with Crippen LogP contribution in [0.4, 0.5) is 0 Å². The average Bonchev–Trinajstić information content (AvgIpc) is 2.78. The number of hydrogen-bond donors (Lipinski definition) is 1. The molecule has 1 unspecified atom stereocenters. The fraction of sp³-hybridized carbons (Fsp3) is 0.917. The Labute approximate surface area is 102 Å². The van der Waals surface area contributed by atoms with Gasteiger partial charge in [0.2, 0.25) is 0 Å². The number of carbonyl (C=O) groups excluding carboxylic acids is 1. The largest absolute Gasteiger partial charge is 0.468 e. The van der Waals surface area contributed by atoms with Crippen LogP contribution in [0, 0.1) is 0 Å². The number of carbonyl (C=O) groups is 1. The summed E-state index contributed by atoms with van der Waals surface area (Å²) in [5.74, 6) is -0.105. The van der Waals surface area contributed by atoms with Crippen molar-refractivity contribution in [1.82, 2.24) is 5.32 Å². The lowest BCUT2D eigenvalue weighted by atomic mass is 10.0. The minimum atomic E-state index is -0.105. The maximum Gasteiger partial charge on any atom is 0.322 e. The van der Waals surface area contributed by atoms with Crippen LogP contribution in [0.2, 0.25) is 0 Å². The van der Waals surface area contributed by atoms with Crippen molar-refractivity contribution in [2.45, 2.75) is 55.1 Å². The van der Waals surface area contributed by atoms with Crippen molar-refractivity contribution in [3.05, 3.63) is 0 Å². The number of ether oxygens (including phenoxy) is 1. The Kier molecular flexibility index (Phi) is 4.53. The highest BCUT2D eigenvalue weighted by atomic mass is 32.2. The molecule has 0 bridgehead atoms. The van der Waals surface area contributed by atoms with Crippen LogP contribution in [0.3, 0.4) is 0 Å². The predicted octanol–water partition coefficient (Wildman–Crippen LogP) is 1.96. The fourth-order valence-corrected chi connectivity index (χ4v) is 4.25. The zero-order valence-corrected chi connectivity index (χ0v) is 10.7. The summed E-state index contributed by atoms with van der Waals surface area (Å²) in [6, 6.07) is -0.0638. The van der Waals surface area contributed by atoms with Gasteiger partial charge in [-0.05, 0) is 19.3 Å². The lowest BCUT2D eigenvalue weighted by Crippen LogP contribution is -2.31. The lowest BCUT2D eigenvalue weighted by Gasteiger charge is -2.23. The van der Waals surface area contributed by atoms with E-state index in [2.05, 4.69) is 17.1 Å². The zero-order chi connectivity index (χ0) is 11.4. The van der Waals surface area contributed by atoms with Gasteiger partial charge in [-0.25, -0.2) is 0 Å². The third-order valence-electron chi connectivity index (χ3n) is 3.51. The Hall–Kier alpha value is -0.220. The van der Waals surface area contributed by atoms with Crippen LogP contribution in [-0.2, 0) is 9.53 Å². The van der Waals surface area contributed by atoms with Gasteiger partial charge < -0.3 is 10.1 Å². The van der Waals surface area contributed by atoms with Gasteiger partial charge >= 0.3 is 5.97 Å². The van der Waals surface area contributed by atoms with Gasteiger partial charge in [-0.2, -0.15) is 11.8 Å². The molecule has 1 N–H and O–H groups in total. The van der Waals surface area contributed by atoms with Gasteiger partial charge in [0.25, 0.3) is 0 Å². The third kappa shape index (κ3) is 3.14. The first-order valence-electron chi connectivity index (χ1n) is 6.26. The van der Waals surface area contributed by atoms with Crippen LogP contribution < -0.4 is 5.32 Å². The van der Waals surface area contributed by atoms with E-state index in [0.29, 0.717) is 5.25 Å². The second-order valence-corrected chi connectivity index (χ2v) is 6.34. The van der Waals surface area contributed by atoms with Crippen LogP contribution in [0.15, 0.2) is 0 Å². The Bertz CT molecular complexity index is 241. The molecule has 92 valence electrons. The normalized spacial score (nSPS) is 31.6. The van der Waals surface area contributed by atoms with E-state index >= 15 is 0 Å². The van der Waals surface area contributed by atoms with E-state index in [1.807, 2.05) is 0 Å². The minimum absolute atomic E-state index is 0.0638. The van der Waals surface area contributed by atoms with Crippen molar-refractivity contribution in [3.8, 4) is 0 Å². The summed E-state index contributed by atoms with van der Waals surface area (Å²) in [4.78, 5) is 11.4. The average molecular weight is 243 g/mol. The number of hydrogen-bond acceptors (Lipinski definition) is 4. The summed E-state index contributed by atoms with van der Waals surface area (Å²) < 4.78 is 4.76. The van der Waals surface area contributed by atoms with Gasteiger partial charge in [0.05, 0.1) is 7.11 Å². The van der Waals surface area contributed by atoms with Crippen molar-refractivity contribution in [2.24, 2.45) is 0 Å². The second kappa shape index (κ2) is 5.92. The molecule has 1 saturated carbocycles. The highest BCUT2D eigenvalue weighted by Crippen LogP contribution is 2.34.